The summed E-state index contributed by atoms with van der Waals surface area (Å²) in [5.41, 5.74) is 2.74. The van der Waals surface area contributed by atoms with Gasteiger partial charge in [0.1, 0.15) is 0 Å². The normalized spacial score (nSPS) is 11.2. The van der Waals surface area contributed by atoms with E-state index < -0.39 is 0 Å². The lowest BCUT2D eigenvalue weighted by Gasteiger charge is -2.01. The zero-order chi connectivity index (χ0) is 11.5. The van der Waals surface area contributed by atoms with E-state index in [0.717, 1.165) is 24.4 Å². The largest absolute Gasteiger partial charge is 0.347 e. The molecule has 0 bridgehead atoms. The molecule has 86 valence electrons. The zero-order valence-corrected chi connectivity index (χ0v) is 10.7. The molecule has 2 heteroatoms. The summed E-state index contributed by atoms with van der Waals surface area (Å²) < 4.78 is 2.34. The molecule has 1 aromatic carbocycles. The van der Waals surface area contributed by atoms with Crippen LogP contribution in [-0.2, 0) is 13.0 Å². The smallest absolute Gasteiger partial charge is 0.0484 e. The molecule has 2 aromatic rings. The van der Waals surface area contributed by atoms with Gasteiger partial charge in [-0.15, -0.1) is 0 Å². The summed E-state index contributed by atoms with van der Waals surface area (Å²) in [6, 6.07) is 6.20. The Kier molecular flexibility index (Phi) is 3.55. The minimum atomic E-state index is 0.833. The Morgan fingerprint density at radius 3 is 2.69 bits per heavy atom. The van der Waals surface area contributed by atoms with Gasteiger partial charge in [0.05, 0.1) is 0 Å². The number of fused-ring (bicyclic) bond motifs is 1. The highest BCUT2D eigenvalue weighted by atomic mass is 35.5. The second-order valence-electron chi connectivity index (χ2n) is 4.26. The quantitative estimate of drug-likeness (QED) is 0.727. The van der Waals surface area contributed by atoms with Crippen molar-refractivity contribution in [1.82, 2.24) is 4.57 Å². The highest BCUT2D eigenvalue weighted by Crippen LogP contribution is 2.26. The predicted molar refractivity (Wildman–Crippen MR) is 71.2 cm³/mol. The van der Waals surface area contributed by atoms with Crippen molar-refractivity contribution in [2.24, 2.45) is 0 Å². The first-order chi connectivity index (χ1) is 7.76. The summed E-state index contributed by atoms with van der Waals surface area (Å²) in [6.07, 6.45) is 5.76. The highest BCUT2D eigenvalue weighted by Gasteiger charge is 2.07. The van der Waals surface area contributed by atoms with Gasteiger partial charge in [-0.2, -0.15) is 0 Å². The van der Waals surface area contributed by atoms with E-state index in [1.165, 1.54) is 22.9 Å². The van der Waals surface area contributed by atoms with Crippen LogP contribution in [0.3, 0.4) is 0 Å². The summed E-state index contributed by atoms with van der Waals surface area (Å²) in [4.78, 5) is 0. The third kappa shape index (κ3) is 2.10. The second kappa shape index (κ2) is 4.92. The van der Waals surface area contributed by atoms with E-state index in [2.05, 4.69) is 36.7 Å². The third-order valence-corrected chi connectivity index (χ3v) is 3.14. The maximum atomic E-state index is 6.07. The van der Waals surface area contributed by atoms with Crippen molar-refractivity contribution in [2.45, 2.75) is 39.7 Å². The van der Waals surface area contributed by atoms with E-state index in [1.54, 1.807) is 0 Å². The lowest BCUT2D eigenvalue weighted by atomic mass is 10.1. The van der Waals surface area contributed by atoms with Crippen LogP contribution in [0, 0.1) is 0 Å². The van der Waals surface area contributed by atoms with Crippen molar-refractivity contribution in [3.8, 4) is 0 Å². The number of rotatable bonds is 4. The van der Waals surface area contributed by atoms with E-state index in [0.29, 0.717) is 0 Å². The molecule has 1 aromatic heterocycles. The maximum Gasteiger partial charge on any atom is 0.0484 e. The molecular formula is C14H18ClN. The lowest BCUT2D eigenvalue weighted by Crippen LogP contribution is -1.93. The van der Waals surface area contributed by atoms with Gasteiger partial charge in [-0.3, -0.25) is 0 Å². The summed E-state index contributed by atoms with van der Waals surface area (Å²) in [6.45, 7) is 5.51. The second-order valence-corrected chi connectivity index (χ2v) is 4.70. The van der Waals surface area contributed by atoms with Gasteiger partial charge < -0.3 is 4.57 Å². The molecule has 16 heavy (non-hydrogen) atoms. The van der Waals surface area contributed by atoms with Crippen LogP contribution in [0.1, 0.15) is 32.3 Å². The molecular weight excluding hydrogens is 218 g/mol. The number of hydrogen-bond donors (Lipinski definition) is 0. The molecule has 0 aliphatic rings. The standard InChI is InChI=1S/C14H18ClN/c1-3-5-11-10-16(8-4-2)14-7-6-12(15)9-13(11)14/h6-7,9-10H,3-5,8H2,1-2H3. The van der Waals surface area contributed by atoms with Crippen LogP contribution in [0.4, 0.5) is 0 Å². The van der Waals surface area contributed by atoms with E-state index in [-0.39, 0.29) is 0 Å². The summed E-state index contributed by atoms with van der Waals surface area (Å²) in [5.74, 6) is 0. The SMILES string of the molecule is CCCc1cn(CCC)c2ccc(Cl)cc12. The Balaban J connectivity index is 2.56. The third-order valence-electron chi connectivity index (χ3n) is 2.91. The van der Waals surface area contributed by atoms with E-state index in [1.807, 2.05) is 6.07 Å². The van der Waals surface area contributed by atoms with E-state index in [9.17, 15) is 0 Å². The van der Waals surface area contributed by atoms with Gasteiger partial charge in [-0.05, 0) is 36.6 Å². The molecule has 0 aliphatic heterocycles. The lowest BCUT2D eigenvalue weighted by molar-refractivity contribution is 0.700. The molecule has 1 heterocycles. The van der Waals surface area contributed by atoms with Crippen molar-refractivity contribution < 1.29 is 0 Å². The van der Waals surface area contributed by atoms with Gasteiger partial charge >= 0.3 is 0 Å². The van der Waals surface area contributed by atoms with Crippen LogP contribution in [0.5, 0.6) is 0 Å². The molecule has 0 saturated carbocycles. The maximum absolute atomic E-state index is 6.07. The molecule has 2 rings (SSSR count). The number of aromatic nitrogens is 1. The topological polar surface area (TPSA) is 4.93 Å². The first kappa shape index (κ1) is 11.5. The van der Waals surface area contributed by atoms with Crippen LogP contribution in [0.25, 0.3) is 10.9 Å². The van der Waals surface area contributed by atoms with Crippen molar-refractivity contribution in [2.75, 3.05) is 0 Å². The van der Waals surface area contributed by atoms with Gasteiger partial charge in [0.2, 0.25) is 0 Å². The molecule has 0 unspecified atom stereocenters. The zero-order valence-electron chi connectivity index (χ0n) is 9.96. The van der Waals surface area contributed by atoms with E-state index in [4.69, 9.17) is 11.6 Å². The Morgan fingerprint density at radius 2 is 2.00 bits per heavy atom. The molecule has 0 atom stereocenters. The highest BCUT2D eigenvalue weighted by molar-refractivity contribution is 6.31. The van der Waals surface area contributed by atoms with Crippen LogP contribution in [0.15, 0.2) is 24.4 Å². The number of nitrogens with zero attached hydrogens (tertiary/aromatic N) is 1. The van der Waals surface area contributed by atoms with Crippen LogP contribution >= 0.6 is 11.6 Å². The van der Waals surface area contributed by atoms with Crippen molar-refractivity contribution in [3.63, 3.8) is 0 Å². The molecule has 1 nitrogen and oxygen atoms in total. The molecule has 0 radical (unpaired) electrons. The molecule has 0 N–H and O–H groups in total. The molecule has 0 spiro atoms. The first-order valence-electron chi connectivity index (χ1n) is 6.03. The fourth-order valence-corrected chi connectivity index (χ4v) is 2.41. The van der Waals surface area contributed by atoms with Gasteiger partial charge in [-0.25, -0.2) is 0 Å². The Bertz CT molecular complexity index is 485. The minimum Gasteiger partial charge on any atom is -0.347 e. The van der Waals surface area contributed by atoms with Crippen LogP contribution in [-0.4, -0.2) is 4.57 Å². The minimum absolute atomic E-state index is 0.833. The number of halogens is 1. The summed E-state index contributed by atoms with van der Waals surface area (Å²) >= 11 is 6.07. The van der Waals surface area contributed by atoms with Crippen molar-refractivity contribution >= 4 is 22.5 Å². The molecule has 0 fully saturated rings. The molecule has 0 saturated heterocycles. The fourth-order valence-electron chi connectivity index (χ4n) is 2.24. The van der Waals surface area contributed by atoms with Crippen molar-refractivity contribution in [1.29, 1.82) is 0 Å². The van der Waals surface area contributed by atoms with Crippen LogP contribution in [0.2, 0.25) is 5.02 Å². The average Bonchev–Trinajstić information content (AvgIpc) is 2.58. The average molecular weight is 236 g/mol. The first-order valence-corrected chi connectivity index (χ1v) is 6.41. The number of aryl methyl sites for hydroxylation is 2. The predicted octanol–water partition coefficient (Wildman–Crippen LogP) is 4.66. The Hall–Kier alpha value is -0.950. The number of hydrogen-bond acceptors (Lipinski definition) is 0. The van der Waals surface area contributed by atoms with Crippen LogP contribution < -0.4 is 0 Å². The van der Waals surface area contributed by atoms with Gasteiger partial charge in [0, 0.05) is 28.7 Å². The van der Waals surface area contributed by atoms with E-state index >= 15 is 0 Å². The van der Waals surface area contributed by atoms with Gasteiger partial charge in [-0.1, -0.05) is 31.9 Å². The fraction of sp³-hybridized carbons (Fsp3) is 0.429. The monoisotopic (exact) mass is 235 g/mol. The molecule has 0 aliphatic carbocycles. The number of benzene rings is 1. The Morgan fingerprint density at radius 1 is 1.19 bits per heavy atom. The molecule has 0 amide bonds. The van der Waals surface area contributed by atoms with Gasteiger partial charge in [0.25, 0.3) is 0 Å². The summed E-state index contributed by atoms with van der Waals surface area (Å²) in [7, 11) is 0. The summed E-state index contributed by atoms with van der Waals surface area (Å²) in [5, 5.41) is 2.15. The van der Waals surface area contributed by atoms with Gasteiger partial charge in [0.15, 0.2) is 0 Å². The van der Waals surface area contributed by atoms with Crippen molar-refractivity contribution in [3.05, 3.63) is 35.0 Å². The Labute approximate surface area is 102 Å².